The molecule has 0 bridgehead atoms. The average molecular weight is 259 g/mol. The number of carboxylic acids is 1. The van der Waals surface area contributed by atoms with Crippen molar-refractivity contribution in [3.05, 3.63) is 11.9 Å². The van der Waals surface area contributed by atoms with Crippen molar-refractivity contribution >= 4 is 12.1 Å². The zero-order chi connectivity index (χ0) is 13.9. The molecule has 102 valence electrons. The van der Waals surface area contributed by atoms with Crippen molar-refractivity contribution in [2.75, 3.05) is 6.54 Å². The second-order valence-electron chi connectivity index (χ2n) is 5.20. The van der Waals surface area contributed by atoms with Gasteiger partial charge in [0.2, 0.25) is 5.83 Å². The molecule has 0 unspecified atom stereocenters. The van der Waals surface area contributed by atoms with Crippen LogP contribution in [0.5, 0.6) is 0 Å². The number of ether oxygens (including phenoxy) is 1. The maximum absolute atomic E-state index is 13.0. The molecule has 0 saturated carbocycles. The van der Waals surface area contributed by atoms with Crippen molar-refractivity contribution in [2.24, 2.45) is 0 Å². The Labute approximate surface area is 105 Å². The summed E-state index contributed by atoms with van der Waals surface area (Å²) in [6, 6.07) is -0.545. The van der Waals surface area contributed by atoms with Crippen LogP contribution in [0.1, 0.15) is 33.6 Å². The molecule has 0 aromatic heterocycles. The topological polar surface area (TPSA) is 66.8 Å². The summed E-state index contributed by atoms with van der Waals surface area (Å²) in [5.41, 5.74) is -0.626. The second-order valence-corrected chi connectivity index (χ2v) is 5.20. The van der Waals surface area contributed by atoms with Gasteiger partial charge in [-0.3, -0.25) is 0 Å². The fourth-order valence-corrected chi connectivity index (χ4v) is 1.75. The lowest BCUT2D eigenvalue weighted by Gasteiger charge is -2.27. The molecule has 5 nitrogen and oxygen atoms in total. The minimum atomic E-state index is -1.62. The number of likely N-dealkylation sites (tertiary alicyclic amines) is 1. The number of rotatable bonds is 2. The van der Waals surface area contributed by atoms with E-state index in [1.165, 1.54) is 4.90 Å². The van der Waals surface area contributed by atoms with Crippen molar-refractivity contribution in [3.8, 4) is 0 Å². The summed E-state index contributed by atoms with van der Waals surface area (Å²) >= 11 is 0. The highest BCUT2D eigenvalue weighted by atomic mass is 19.1. The summed E-state index contributed by atoms with van der Waals surface area (Å²) in [4.78, 5) is 23.6. The predicted octanol–water partition coefficient (Wildman–Crippen LogP) is 2.32. The summed E-state index contributed by atoms with van der Waals surface area (Å²) in [6.45, 7) is 5.67. The van der Waals surface area contributed by atoms with E-state index < -0.39 is 29.5 Å². The second kappa shape index (κ2) is 5.37. The lowest BCUT2D eigenvalue weighted by Crippen LogP contribution is -2.39. The molecule has 0 aliphatic carbocycles. The quantitative estimate of drug-likeness (QED) is 0.773. The first-order valence-electron chi connectivity index (χ1n) is 5.81. The first kappa shape index (κ1) is 14.5. The Morgan fingerprint density at radius 2 is 2.06 bits per heavy atom. The molecule has 1 N–H and O–H groups in total. The van der Waals surface area contributed by atoms with Gasteiger partial charge in [0.25, 0.3) is 0 Å². The van der Waals surface area contributed by atoms with Gasteiger partial charge in [0.15, 0.2) is 0 Å². The summed E-state index contributed by atoms with van der Waals surface area (Å²) in [6.07, 6.45) is 1.66. The molecule has 0 radical (unpaired) electrons. The van der Waals surface area contributed by atoms with Gasteiger partial charge in [0.1, 0.15) is 5.60 Å². The van der Waals surface area contributed by atoms with E-state index in [0.29, 0.717) is 19.4 Å². The number of hydrogen-bond donors (Lipinski definition) is 1. The van der Waals surface area contributed by atoms with Crippen molar-refractivity contribution < 1.29 is 23.8 Å². The first-order chi connectivity index (χ1) is 8.20. The van der Waals surface area contributed by atoms with Gasteiger partial charge in [-0.1, -0.05) is 0 Å². The number of hydrogen-bond acceptors (Lipinski definition) is 3. The summed E-state index contributed by atoms with van der Waals surface area (Å²) in [7, 11) is 0. The van der Waals surface area contributed by atoms with Crippen molar-refractivity contribution in [1.29, 1.82) is 0 Å². The Balaban J connectivity index is 2.74. The molecule has 1 fully saturated rings. The minimum absolute atomic E-state index is 0.447. The lowest BCUT2D eigenvalue weighted by molar-refractivity contribution is -0.134. The Morgan fingerprint density at radius 3 is 2.56 bits per heavy atom. The van der Waals surface area contributed by atoms with Gasteiger partial charge >= 0.3 is 12.1 Å². The monoisotopic (exact) mass is 259 g/mol. The lowest BCUT2D eigenvalue weighted by atomic mass is 10.2. The number of carboxylic acid groups (broad SMARTS) is 1. The fraction of sp³-hybridized carbons (Fsp3) is 0.667. The molecule has 1 heterocycles. The van der Waals surface area contributed by atoms with E-state index in [-0.39, 0.29) is 0 Å². The Bertz CT molecular complexity index is 373. The first-order valence-corrected chi connectivity index (χ1v) is 5.81. The zero-order valence-electron chi connectivity index (χ0n) is 10.8. The molecule has 6 heteroatoms. The van der Waals surface area contributed by atoms with Crippen LogP contribution in [0.25, 0.3) is 0 Å². The van der Waals surface area contributed by atoms with Crippen LogP contribution in [0.4, 0.5) is 9.18 Å². The van der Waals surface area contributed by atoms with Gasteiger partial charge in [0.05, 0.1) is 6.04 Å². The number of carbonyl (C=O) groups is 2. The normalized spacial score (nSPS) is 21.0. The Morgan fingerprint density at radius 1 is 1.44 bits per heavy atom. The molecule has 0 aromatic carbocycles. The third-order valence-corrected chi connectivity index (χ3v) is 2.47. The standard InChI is InChI=1S/C12H18FNO4/c1-12(2,3)18-11(17)14-6-4-5-8(14)7-9(13)10(15)16/h7-8H,4-6H2,1-3H3,(H,15,16)/t8-/m1/s1. The summed E-state index contributed by atoms with van der Waals surface area (Å²) in [5.74, 6) is -2.86. The van der Waals surface area contributed by atoms with Crippen molar-refractivity contribution in [1.82, 2.24) is 4.90 Å². The van der Waals surface area contributed by atoms with E-state index in [9.17, 15) is 14.0 Å². The molecule has 1 aliphatic heterocycles. The summed E-state index contributed by atoms with van der Waals surface area (Å²) < 4.78 is 18.2. The number of halogens is 1. The SMILES string of the molecule is CC(C)(C)OC(=O)N1CCC[C@@H]1C=C(F)C(=O)O. The van der Waals surface area contributed by atoms with E-state index in [1.54, 1.807) is 20.8 Å². The van der Waals surface area contributed by atoms with Crippen LogP contribution in [0.15, 0.2) is 11.9 Å². The number of amides is 1. The highest BCUT2D eigenvalue weighted by Gasteiger charge is 2.31. The van der Waals surface area contributed by atoms with Gasteiger partial charge in [-0.2, -0.15) is 4.39 Å². The van der Waals surface area contributed by atoms with Crippen LogP contribution in [0, 0.1) is 0 Å². The molecule has 0 spiro atoms. The highest BCUT2D eigenvalue weighted by Crippen LogP contribution is 2.22. The smallest absolute Gasteiger partial charge is 0.410 e. The van der Waals surface area contributed by atoms with E-state index in [1.807, 2.05) is 0 Å². The van der Waals surface area contributed by atoms with Gasteiger partial charge < -0.3 is 14.7 Å². The Kier molecular flexibility index (Phi) is 4.32. The van der Waals surface area contributed by atoms with Crippen LogP contribution in [-0.4, -0.2) is 40.3 Å². The molecule has 1 atom stereocenters. The van der Waals surface area contributed by atoms with Crippen LogP contribution in [0.3, 0.4) is 0 Å². The fourth-order valence-electron chi connectivity index (χ4n) is 1.75. The van der Waals surface area contributed by atoms with Crippen molar-refractivity contribution in [3.63, 3.8) is 0 Å². The summed E-state index contributed by atoms with van der Waals surface area (Å²) in [5, 5.41) is 8.48. The van der Waals surface area contributed by atoms with E-state index in [2.05, 4.69) is 0 Å². The number of carbonyl (C=O) groups excluding carboxylic acids is 1. The molecule has 1 aliphatic rings. The maximum Gasteiger partial charge on any atom is 0.410 e. The molecule has 1 saturated heterocycles. The van der Waals surface area contributed by atoms with E-state index >= 15 is 0 Å². The van der Waals surface area contributed by atoms with Crippen molar-refractivity contribution in [2.45, 2.75) is 45.3 Å². The molecule has 1 amide bonds. The zero-order valence-corrected chi connectivity index (χ0v) is 10.8. The van der Waals surface area contributed by atoms with Gasteiger partial charge in [-0.15, -0.1) is 0 Å². The van der Waals surface area contributed by atoms with Crippen LogP contribution in [0.2, 0.25) is 0 Å². The van der Waals surface area contributed by atoms with Gasteiger partial charge in [0, 0.05) is 6.54 Å². The maximum atomic E-state index is 13.0. The van der Waals surface area contributed by atoms with Crippen LogP contribution < -0.4 is 0 Å². The van der Waals surface area contributed by atoms with E-state index in [4.69, 9.17) is 9.84 Å². The minimum Gasteiger partial charge on any atom is -0.476 e. The highest BCUT2D eigenvalue weighted by molar-refractivity contribution is 5.84. The Hall–Kier alpha value is -1.59. The van der Waals surface area contributed by atoms with Crippen LogP contribution in [-0.2, 0) is 9.53 Å². The molecular weight excluding hydrogens is 241 g/mol. The number of nitrogens with zero attached hydrogens (tertiary/aromatic N) is 1. The predicted molar refractivity (Wildman–Crippen MR) is 62.8 cm³/mol. The van der Waals surface area contributed by atoms with E-state index in [0.717, 1.165) is 6.08 Å². The van der Waals surface area contributed by atoms with Crippen LogP contribution >= 0.6 is 0 Å². The van der Waals surface area contributed by atoms with Gasteiger partial charge in [-0.25, -0.2) is 9.59 Å². The largest absolute Gasteiger partial charge is 0.476 e. The molecule has 1 rings (SSSR count). The third-order valence-electron chi connectivity index (χ3n) is 2.47. The van der Waals surface area contributed by atoms with Gasteiger partial charge in [-0.05, 0) is 39.7 Å². The molecule has 0 aromatic rings. The third kappa shape index (κ3) is 4.01. The molecular formula is C12H18FNO4. The molecule has 18 heavy (non-hydrogen) atoms. The average Bonchev–Trinajstić information content (AvgIpc) is 2.62. The number of aliphatic carboxylic acids is 1.